The SMILES string of the molecule is CCC(C)(CN)C(C)(O)c1ccc(C)c(C)c1. The normalized spacial score (nSPS) is 18.5. The lowest BCUT2D eigenvalue weighted by Crippen LogP contribution is -2.46. The second kappa shape index (κ2) is 4.79. The number of hydrogen-bond acceptors (Lipinski definition) is 2. The van der Waals surface area contributed by atoms with Gasteiger partial charge in [-0.2, -0.15) is 0 Å². The van der Waals surface area contributed by atoms with Gasteiger partial charge in [0.15, 0.2) is 0 Å². The van der Waals surface area contributed by atoms with Gasteiger partial charge >= 0.3 is 0 Å². The van der Waals surface area contributed by atoms with E-state index in [9.17, 15) is 5.11 Å². The Bertz CT molecular complexity index is 392. The first-order valence-electron chi connectivity index (χ1n) is 6.28. The molecule has 0 amide bonds. The molecule has 1 rings (SSSR count). The lowest BCUT2D eigenvalue weighted by atomic mass is 9.68. The third kappa shape index (κ3) is 2.38. The fourth-order valence-corrected chi connectivity index (χ4v) is 2.08. The Morgan fingerprint density at radius 1 is 1.18 bits per heavy atom. The second-order valence-corrected chi connectivity index (χ2v) is 5.49. The fraction of sp³-hybridized carbons (Fsp3) is 0.600. The van der Waals surface area contributed by atoms with E-state index in [2.05, 4.69) is 32.9 Å². The third-order valence-electron chi connectivity index (χ3n) is 4.48. The van der Waals surface area contributed by atoms with Gasteiger partial charge in [0.1, 0.15) is 0 Å². The van der Waals surface area contributed by atoms with Gasteiger partial charge in [-0.15, -0.1) is 0 Å². The van der Waals surface area contributed by atoms with Gasteiger partial charge in [0.05, 0.1) is 5.60 Å². The van der Waals surface area contributed by atoms with Crippen molar-refractivity contribution in [2.75, 3.05) is 6.54 Å². The predicted octanol–water partition coefficient (Wildman–Crippen LogP) is 2.89. The minimum atomic E-state index is -0.894. The summed E-state index contributed by atoms with van der Waals surface area (Å²) in [5, 5.41) is 10.8. The Balaban J connectivity index is 3.24. The molecule has 0 saturated carbocycles. The van der Waals surface area contributed by atoms with Gasteiger partial charge in [-0.25, -0.2) is 0 Å². The maximum absolute atomic E-state index is 10.8. The number of aliphatic hydroxyl groups is 1. The first-order valence-corrected chi connectivity index (χ1v) is 6.28. The molecule has 1 aromatic carbocycles. The number of nitrogens with two attached hydrogens (primary N) is 1. The largest absolute Gasteiger partial charge is 0.385 e. The van der Waals surface area contributed by atoms with E-state index in [-0.39, 0.29) is 5.41 Å². The Hall–Kier alpha value is -0.860. The summed E-state index contributed by atoms with van der Waals surface area (Å²) in [6, 6.07) is 6.14. The van der Waals surface area contributed by atoms with E-state index in [1.807, 2.05) is 19.9 Å². The molecule has 0 heterocycles. The summed E-state index contributed by atoms with van der Waals surface area (Å²) in [5.41, 5.74) is 8.06. The summed E-state index contributed by atoms with van der Waals surface area (Å²) in [7, 11) is 0. The Morgan fingerprint density at radius 2 is 1.76 bits per heavy atom. The molecule has 2 nitrogen and oxygen atoms in total. The molecule has 17 heavy (non-hydrogen) atoms. The zero-order valence-electron chi connectivity index (χ0n) is 11.7. The Morgan fingerprint density at radius 3 is 2.18 bits per heavy atom. The summed E-state index contributed by atoms with van der Waals surface area (Å²) in [6.07, 6.45) is 0.851. The average molecular weight is 235 g/mol. The van der Waals surface area contributed by atoms with Crippen LogP contribution in [0.5, 0.6) is 0 Å². The zero-order chi connectivity index (χ0) is 13.3. The molecular formula is C15H25NO. The Kier molecular flexibility index (Phi) is 4.00. The minimum Gasteiger partial charge on any atom is -0.385 e. The van der Waals surface area contributed by atoms with E-state index in [0.29, 0.717) is 6.54 Å². The fourth-order valence-electron chi connectivity index (χ4n) is 2.08. The molecule has 0 bridgehead atoms. The highest BCUT2D eigenvalue weighted by Crippen LogP contribution is 2.41. The van der Waals surface area contributed by atoms with Crippen LogP contribution in [0.3, 0.4) is 0 Å². The molecule has 0 aromatic heterocycles. The molecule has 3 N–H and O–H groups in total. The first kappa shape index (κ1) is 14.2. The summed E-state index contributed by atoms with van der Waals surface area (Å²) >= 11 is 0. The summed E-state index contributed by atoms with van der Waals surface area (Å²) < 4.78 is 0. The zero-order valence-corrected chi connectivity index (χ0v) is 11.7. The predicted molar refractivity (Wildman–Crippen MR) is 72.9 cm³/mol. The van der Waals surface area contributed by atoms with E-state index in [1.165, 1.54) is 11.1 Å². The lowest BCUT2D eigenvalue weighted by Gasteiger charge is -2.42. The van der Waals surface area contributed by atoms with Crippen LogP contribution in [-0.4, -0.2) is 11.7 Å². The Labute approximate surface area is 105 Å². The van der Waals surface area contributed by atoms with Gasteiger partial charge in [0.2, 0.25) is 0 Å². The van der Waals surface area contributed by atoms with Crippen LogP contribution >= 0.6 is 0 Å². The molecule has 96 valence electrons. The summed E-state index contributed by atoms with van der Waals surface area (Å²) in [6.45, 7) is 10.6. The van der Waals surface area contributed by atoms with Gasteiger partial charge in [-0.05, 0) is 43.9 Å². The van der Waals surface area contributed by atoms with E-state index < -0.39 is 5.60 Å². The highest BCUT2D eigenvalue weighted by molar-refractivity contribution is 5.34. The quantitative estimate of drug-likeness (QED) is 0.843. The standard InChI is InChI=1S/C15H25NO/c1-6-14(4,10-16)15(5,17)13-8-7-11(2)12(3)9-13/h7-9,17H,6,10,16H2,1-5H3. The van der Waals surface area contributed by atoms with E-state index in [1.54, 1.807) is 0 Å². The highest BCUT2D eigenvalue weighted by atomic mass is 16.3. The maximum Gasteiger partial charge on any atom is 0.0933 e. The van der Waals surface area contributed by atoms with Gasteiger partial charge in [0, 0.05) is 12.0 Å². The average Bonchev–Trinajstić information content (AvgIpc) is 2.31. The molecule has 2 heteroatoms. The smallest absolute Gasteiger partial charge is 0.0933 e. The molecule has 0 radical (unpaired) electrons. The van der Waals surface area contributed by atoms with Gasteiger partial charge < -0.3 is 10.8 Å². The van der Waals surface area contributed by atoms with Crippen LogP contribution < -0.4 is 5.73 Å². The third-order valence-corrected chi connectivity index (χ3v) is 4.48. The molecule has 0 aliphatic rings. The minimum absolute atomic E-state index is 0.297. The van der Waals surface area contributed by atoms with Crippen LogP contribution in [0, 0.1) is 19.3 Å². The van der Waals surface area contributed by atoms with Crippen molar-refractivity contribution in [3.63, 3.8) is 0 Å². The van der Waals surface area contributed by atoms with Crippen molar-refractivity contribution < 1.29 is 5.11 Å². The van der Waals surface area contributed by atoms with Gasteiger partial charge in [-0.1, -0.05) is 32.0 Å². The molecule has 0 fully saturated rings. The molecule has 0 saturated heterocycles. The van der Waals surface area contributed by atoms with Crippen molar-refractivity contribution >= 4 is 0 Å². The monoisotopic (exact) mass is 235 g/mol. The molecule has 0 aliphatic carbocycles. The van der Waals surface area contributed by atoms with E-state index >= 15 is 0 Å². The number of rotatable bonds is 4. The van der Waals surface area contributed by atoms with Crippen molar-refractivity contribution in [2.24, 2.45) is 11.1 Å². The molecule has 2 unspecified atom stereocenters. The van der Waals surface area contributed by atoms with Gasteiger partial charge in [-0.3, -0.25) is 0 Å². The van der Waals surface area contributed by atoms with Crippen LogP contribution in [0.1, 0.15) is 43.9 Å². The van der Waals surface area contributed by atoms with Crippen molar-refractivity contribution in [1.29, 1.82) is 0 Å². The van der Waals surface area contributed by atoms with Crippen LogP contribution in [0.4, 0.5) is 0 Å². The van der Waals surface area contributed by atoms with E-state index in [0.717, 1.165) is 12.0 Å². The number of benzene rings is 1. The van der Waals surface area contributed by atoms with Crippen molar-refractivity contribution in [1.82, 2.24) is 0 Å². The van der Waals surface area contributed by atoms with Crippen LogP contribution in [-0.2, 0) is 5.60 Å². The van der Waals surface area contributed by atoms with Crippen molar-refractivity contribution in [3.8, 4) is 0 Å². The second-order valence-electron chi connectivity index (χ2n) is 5.49. The summed E-state index contributed by atoms with van der Waals surface area (Å²) in [4.78, 5) is 0. The number of aryl methyl sites for hydroxylation is 2. The highest BCUT2D eigenvalue weighted by Gasteiger charge is 2.42. The maximum atomic E-state index is 10.8. The van der Waals surface area contributed by atoms with Crippen molar-refractivity contribution in [3.05, 3.63) is 34.9 Å². The topological polar surface area (TPSA) is 46.2 Å². The molecular weight excluding hydrogens is 210 g/mol. The summed E-state index contributed by atoms with van der Waals surface area (Å²) in [5.74, 6) is 0. The van der Waals surface area contributed by atoms with Crippen molar-refractivity contribution in [2.45, 2.75) is 46.6 Å². The van der Waals surface area contributed by atoms with Crippen LogP contribution in [0.2, 0.25) is 0 Å². The first-order chi connectivity index (χ1) is 7.78. The molecule has 0 spiro atoms. The molecule has 2 atom stereocenters. The van der Waals surface area contributed by atoms with Gasteiger partial charge in [0.25, 0.3) is 0 Å². The molecule has 1 aromatic rings. The van der Waals surface area contributed by atoms with Crippen LogP contribution in [0.25, 0.3) is 0 Å². The van der Waals surface area contributed by atoms with Crippen LogP contribution in [0.15, 0.2) is 18.2 Å². The number of hydrogen-bond donors (Lipinski definition) is 2. The molecule has 0 aliphatic heterocycles. The van der Waals surface area contributed by atoms with E-state index in [4.69, 9.17) is 5.73 Å². The lowest BCUT2D eigenvalue weighted by molar-refractivity contribution is -0.0646.